The molecule has 0 bridgehead atoms. The second kappa shape index (κ2) is 8.26. The number of nitrogens with one attached hydrogen (secondary N) is 1. The van der Waals surface area contributed by atoms with Gasteiger partial charge < -0.3 is 19.5 Å². The van der Waals surface area contributed by atoms with Crippen LogP contribution in [-0.2, 0) is 0 Å². The lowest BCUT2D eigenvalue weighted by molar-refractivity contribution is 0.0886. The van der Waals surface area contributed by atoms with Crippen molar-refractivity contribution in [2.75, 3.05) is 13.4 Å². The van der Waals surface area contributed by atoms with Gasteiger partial charge in [0.1, 0.15) is 0 Å². The molecule has 0 saturated carbocycles. The van der Waals surface area contributed by atoms with E-state index in [9.17, 15) is 4.79 Å². The number of carbonyl (C=O) groups is 1. The van der Waals surface area contributed by atoms with Gasteiger partial charge in [-0.25, -0.2) is 0 Å². The van der Waals surface area contributed by atoms with E-state index in [-0.39, 0.29) is 23.7 Å². The van der Waals surface area contributed by atoms with Gasteiger partial charge in [-0.05, 0) is 53.7 Å². The summed E-state index contributed by atoms with van der Waals surface area (Å²) in [6, 6.07) is 2.76. The molecule has 1 aliphatic heterocycles. The molecule has 1 aromatic carbocycles. The molecule has 0 fully saturated rings. The minimum Gasteiger partial charge on any atom is -0.489 e. The summed E-state index contributed by atoms with van der Waals surface area (Å²) < 4.78 is 18.0. The fourth-order valence-electron chi connectivity index (χ4n) is 3.52. The number of halogens is 1. The third-order valence-corrected chi connectivity index (χ3v) is 6.61. The summed E-state index contributed by atoms with van der Waals surface area (Å²) in [4.78, 5) is 13.2. The molecule has 1 amide bonds. The zero-order valence-corrected chi connectivity index (χ0v) is 21.0. The summed E-state index contributed by atoms with van der Waals surface area (Å²) in [5.74, 6) is 1.39. The number of rotatable bonds is 7. The van der Waals surface area contributed by atoms with Gasteiger partial charge in [0, 0.05) is 13.6 Å². The second-order valence-electron chi connectivity index (χ2n) is 10.5. The van der Waals surface area contributed by atoms with Crippen LogP contribution in [0.15, 0.2) is 10.5 Å². The van der Waals surface area contributed by atoms with E-state index in [1.54, 1.807) is 6.07 Å². The van der Waals surface area contributed by atoms with E-state index in [0.29, 0.717) is 33.9 Å². The van der Waals surface area contributed by atoms with Crippen LogP contribution in [0, 0.1) is 5.41 Å². The van der Waals surface area contributed by atoms with Crippen LogP contribution in [-0.4, -0.2) is 32.9 Å². The third-order valence-electron chi connectivity index (χ3n) is 4.32. The van der Waals surface area contributed by atoms with Crippen molar-refractivity contribution in [3.8, 4) is 17.2 Å². The van der Waals surface area contributed by atoms with E-state index < -0.39 is 8.07 Å². The van der Waals surface area contributed by atoms with Gasteiger partial charge in [-0.1, -0.05) is 40.4 Å². The maximum atomic E-state index is 13.2. The van der Waals surface area contributed by atoms with Gasteiger partial charge in [0.05, 0.1) is 16.6 Å². The Morgan fingerprint density at radius 1 is 1.18 bits per heavy atom. The zero-order valence-electron chi connectivity index (χ0n) is 18.4. The molecule has 1 heterocycles. The molecule has 1 aromatic rings. The molecule has 0 unspecified atom stereocenters. The first kappa shape index (κ1) is 23.1. The monoisotopic (exact) mass is 471 g/mol. The Bertz CT molecular complexity index is 735. The highest BCUT2D eigenvalue weighted by Gasteiger charge is 2.32. The normalized spacial score (nSPS) is 14.2. The number of hydrogen-bond acceptors (Lipinski definition) is 4. The smallest absolute Gasteiger partial charge is 0.255 e. The largest absolute Gasteiger partial charge is 0.489 e. The highest BCUT2D eigenvalue weighted by Crippen LogP contribution is 2.48. The molecule has 1 N–H and O–H groups in total. The van der Waals surface area contributed by atoms with E-state index in [1.165, 1.54) is 0 Å². The van der Waals surface area contributed by atoms with Gasteiger partial charge in [0.2, 0.25) is 12.5 Å². The molecule has 0 radical (unpaired) electrons. The molecular formula is C21H34BrNO4Si. The summed E-state index contributed by atoms with van der Waals surface area (Å²) in [7, 11) is -1.26. The van der Waals surface area contributed by atoms with Gasteiger partial charge in [0.15, 0.2) is 11.5 Å². The Kier molecular flexibility index (Phi) is 6.81. The highest BCUT2D eigenvalue weighted by molar-refractivity contribution is 9.10. The van der Waals surface area contributed by atoms with Crippen molar-refractivity contribution in [3.05, 3.63) is 16.1 Å². The van der Waals surface area contributed by atoms with Gasteiger partial charge in [-0.2, -0.15) is 0 Å². The molecule has 2 rings (SSSR count). The molecule has 0 spiro atoms. The molecule has 158 valence electrons. The van der Waals surface area contributed by atoms with Crippen molar-refractivity contribution in [1.29, 1.82) is 0 Å². The highest BCUT2D eigenvalue weighted by atomic mass is 79.9. The molecule has 1 aliphatic rings. The standard InChI is InChI=1S/C21H34BrNO4Si/c1-20(2,3)12-21(4,5)23-19(24)14-11-15(22)17-18(27-13-26-17)16(14)25-9-10-28(6,7)8/h11H,9-10,12-13H2,1-8H3,(H,23,24). The first-order valence-corrected chi connectivity index (χ1v) is 14.3. The predicted octanol–water partition coefficient (Wildman–Crippen LogP) is 5.84. The van der Waals surface area contributed by atoms with Crippen molar-refractivity contribution in [3.63, 3.8) is 0 Å². The van der Waals surface area contributed by atoms with Crippen LogP contribution in [0.3, 0.4) is 0 Å². The fraction of sp³-hybridized carbons (Fsp3) is 0.667. The average Bonchev–Trinajstić information content (AvgIpc) is 2.94. The predicted molar refractivity (Wildman–Crippen MR) is 120 cm³/mol. The first-order valence-electron chi connectivity index (χ1n) is 9.76. The minimum atomic E-state index is -1.26. The lowest BCUT2D eigenvalue weighted by Crippen LogP contribution is -2.45. The molecule has 5 nitrogen and oxygen atoms in total. The van der Waals surface area contributed by atoms with Crippen molar-refractivity contribution in [2.45, 2.75) is 72.3 Å². The van der Waals surface area contributed by atoms with E-state index in [1.807, 2.05) is 13.8 Å². The Hall–Kier alpha value is -1.21. The van der Waals surface area contributed by atoms with E-state index >= 15 is 0 Å². The second-order valence-corrected chi connectivity index (χ2v) is 17.0. The molecule has 0 saturated heterocycles. The van der Waals surface area contributed by atoms with Crippen LogP contribution in [0.4, 0.5) is 0 Å². The van der Waals surface area contributed by atoms with Crippen molar-refractivity contribution in [2.24, 2.45) is 5.41 Å². The number of ether oxygens (including phenoxy) is 3. The number of benzene rings is 1. The van der Waals surface area contributed by atoms with Crippen molar-refractivity contribution >= 4 is 29.9 Å². The molecule has 0 aromatic heterocycles. The number of fused-ring (bicyclic) bond motifs is 1. The van der Waals surface area contributed by atoms with Gasteiger partial charge in [0.25, 0.3) is 5.91 Å². The summed E-state index contributed by atoms with van der Waals surface area (Å²) >= 11 is 3.50. The summed E-state index contributed by atoms with van der Waals surface area (Å²) in [5, 5.41) is 3.17. The van der Waals surface area contributed by atoms with Crippen LogP contribution in [0.25, 0.3) is 0 Å². The maximum absolute atomic E-state index is 13.2. The van der Waals surface area contributed by atoms with Crippen LogP contribution >= 0.6 is 15.9 Å². The lowest BCUT2D eigenvalue weighted by atomic mass is 9.81. The number of carbonyl (C=O) groups excluding carboxylic acids is 1. The Balaban J connectivity index is 2.31. The van der Waals surface area contributed by atoms with Crippen LogP contribution in [0.2, 0.25) is 25.7 Å². The quantitative estimate of drug-likeness (QED) is 0.507. The van der Waals surface area contributed by atoms with Gasteiger partial charge in [-0.15, -0.1) is 0 Å². The minimum absolute atomic E-state index is 0.100. The number of hydrogen-bond donors (Lipinski definition) is 1. The SMILES string of the molecule is CC(C)(C)CC(C)(C)NC(=O)c1cc(Br)c2c(c1OCC[Si](C)(C)C)OCO2. The van der Waals surface area contributed by atoms with Gasteiger partial charge in [-0.3, -0.25) is 4.79 Å². The maximum Gasteiger partial charge on any atom is 0.255 e. The van der Waals surface area contributed by atoms with Crippen LogP contribution < -0.4 is 19.5 Å². The zero-order chi connectivity index (χ0) is 21.3. The Morgan fingerprint density at radius 2 is 1.79 bits per heavy atom. The van der Waals surface area contributed by atoms with E-state index in [2.05, 4.69) is 61.7 Å². The van der Waals surface area contributed by atoms with E-state index in [0.717, 1.165) is 12.5 Å². The summed E-state index contributed by atoms with van der Waals surface area (Å²) in [6.45, 7) is 18.2. The van der Waals surface area contributed by atoms with Crippen LogP contribution in [0.1, 0.15) is 51.4 Å². The third kappa shape index (κ3) is 6.41. The van der Waals surface area contributed by atoms with E-state index in [4.69, 9.17) is 14.2 Å². The molecular weight excluding hydrogens is 438 g/mol. The average molecular weight is 472 g/mol. The number of amides is 1. The molecule has 7 heteroatoms. The summed E-state index contributed by atoms with van der Waals surface area (Å²) in [5.41, 5.74) is 0.213. The first-order chi connectivity index (χ1) is 12.7. The fourth-order valence-corrected chi connectivity index (χ4v) is 4.76. The molecule has 0 aliphatic carbocycles. The van der Waals surface area contributed by atoms with Gasteiger partial charge >= 0.3 is 0 Å². The Labute approximate surface area is 178 Å². The van der Waals surface area contributed by atoms with Crippen molar-refractivity contribution < 1.29 is 19.0 Å². The molecule has 0 atom stereocenters. The topological polar surface area (TPSA) is 56.8 Å². The lowest BCUT2D eigenvalue weighted by Gasteiger charge is -2.33. The van der Waals surface area contributed by atoms with Crippen molar-refractivity contribution in [1.82, 2.24) is 5.32 Å². The summed E-state index contributed by atoms with van der Waals surface area (Å²) in [6.07, 6.45) is 0.850. The molecule has 28 heavy (non-hydrogen) atoms. The van der Waals surface area contributed by atoms with Crippen LogP contribution in [0.5, 0.6) is 17.2 Å². The Morgan fingerprint density at radius 3 is 2.36 bits per heavy atom.